The van der Waals surface area contributed by atoms with E-state index in [1.54, 1.807) is 12.1 Å². The Balaban J connectivity index is 2.97. The largest absolute Gasteiger partial charge is 0.478 e. The monoisotopic (exact) mass is 231 g/mol. The predicted molar refractivity (Wildman–Crippen MR) is 69.3 cm³/mol. The molecule has 1 rings (SSSR count). The molecule has 1 atom stereocenters. The number of hydrogen-bond acceptors (Lipinski definition) is 2. The van der Waals surface area contributed by atoms with E-state index in [1.807, 2.05) is 19.9 Å². The van der Waals surface area contributed by atoms with Crippen molar-refractivity contribution in [3.05, 3.63) is 29.3 Å². The van der Waals surface area contributed by atoms with Crippen molar-refractivity contribution in [2.45, 2.75) is 32.7 Å². The molecule has 0 heterocycles. The highest BCUT2D eigenvalue weighted by molar-refractivity contribution is 5.94. The first-order valence-electron chi connectivity index (χ1n) is 5.62. The van der Waals surface area contributed by atoms with Crippen LogP contribution in [0.15, 0.2) is 18.2 Å². The average Bonchev–Trinajstić information content (AvgIpc) is 2.30. The Morgan fingerprint density at radius 1 is 1.59 bits per heavy atom. The highest BCUT2D eigenvalue weighted by atomic mass is 16.4. The van der Waals surface area contributed by atoms with Gasteiger partial charge in [0.1, 0.15) is 0 Å². The van der Waals surface area contributed by atoms with Crippen LogP contribution in [0.3, 0.4) is 0 Å². The second-order valence-corrected chi connectivity index (χ2v) is 4.01. The zero-order chi connectivity index (χ0) is 12.8. The lowest BCUT2D eigenvalue weighted by atomic mass is 10.1. The Bertz CT molecular complexity index is 446. The molecule has 0 radical (unpaired) electrons. The van der Waals surface area contributed by atoms with Gasteiger partial charge >= 0.3 is 5.97 Å². The molecule has 0 fully saturated rings. The van der Waals surface area contributed by atoms with Gasteiger partial charge in [0.2, 0.25) is 0 Å². The van der Waals surface area contributed by atoms with Gasteiger partial charge in [0.15, 0.2) is 0 Å². The van der Waals surface area contributed by atoms with Crippen LogP contribution in [-0.4, -0.2) is 17.1 Å². The Morgan fingerprint density at radius 2 is 2.29 bits per heavy atom. The third-order valence-electron chi connectivity index (χ3n) is 2.62. The van der Waals surface area contributed by atoms with Crippen LogP contribution in [0, 0.1) is 19.3 Å². The van der Waals surface area contributed by atoms with E-state index in [9.17, 15) is 4.79 Å². The molecular weight excluding hydrogens is 214 g/mol. The molecule has 0 amide bonds. The van der Waals surface area contributed by atoms with E-state index < -0.39 is 5.97 Å². The third-order valence-corrected chi connectivity index (χ3v) is 2.62. The maximum atomic E-state index is 11.1. The van der Waals surface area contributed by atoms with E-state index in [0.717, 1.165) is 12.0 Å². The van der Waals surface area contributed by atoms with Gasteiger partial charge in [-0.05, 0) is 25.5 Å². The molecule has 0 spiro atoms. The van der Waals surface area contributed by atoms with E-state index in [0.29, 0.717) is 17.7 Å². The Kier molecular flexibility index (Phi) is 4.59. The molecule has 0 aromatic heterocycles. The second-order valence-electron chi connectivity index (χ2n) is 4.01. The van der Waals surface area contributed by atoms with Crippen molar-refractivity contribution in [1.82, 2.24) is 0 Å². The van der Waals surface area contributed by atoms with Gasteiger partial charge < -0.3 is 10.4 Å². The fourth-order valence-corrected chi connectivity index (χ4v) is 1.62. The van der Waals surface area contributed by atoms with Gasteiger partial charge in [0.05, 0.1) is 5.56 Å². The summed E-state index contributed by atoms with van der Waals surface area (Å²) in [7, 11) is 0. The molecular formula is C14H17NO2. The molecule has 3 heteroatoms. The zero-order valence-corrected chi connectivity index (χ0v) is 10.2. The summed E-state index contributed by atoms with van der Waals surface area (Å²) in [5.41, 5.74) is 1.85. The Morgan fingerprint density at radius 3 is 2.82 bits per heavy atom. The normalized spacial score (nSPS) is 11.6. The van der Waals surface area contributed by atoms with Crippen LogP contribution < -0.4 is 5.32 Å². The maximum absolute atomic E-state index is 11.1. The first-order valence-corrected chi connectivity index (χ1v) is 5.62. The lowest BCUT2D eigenvalue weighted by molar-refractivity contribution is 0.0698. The lowest BCUT2D eigenvalue weighted by Gasteiger charge is -2.17. The van der Waals surface area contributed by atoms with Crippen LogP contribution >= 0.6 is 0 Å². The quantitative estimate of drug-likeness (QED) is 0.766. The van der Waals surface area contributed by atoms with Gasteiger partial charge in [-0.1, -0.05) is 18.6 Å². The van der Waals surface area contributed by atoms with Crippen molar-refractivity contribution in [3.8, 4) is 12.3 Å². The number of benzene rings is 1. The van der Waals surface area contributed by atoms with Gasteiger partial charge in [0, 0.05) is 18.2 Å². The van der Waals surface area contributed by atoms with Crippen molar-refractivity contribution in [2.75, 3.05) is 5.32 Å². The fraction of sp³-hybridized carbons (Fsp3) is 0.357. The molecule has 2 N–H and O–H groups in total. The number of hydrogen-bond donors (Lipinski definition) is 2. The van der Waals surface area contributed by atoms with Crippen molar-refractivity contribution in [2.24, 2.45) is 0 Å². The fourth-order valence-electron chi connectivity index (χ4n) is 1.62. The van der Waals surface area contributed by atoms with Crippen LogP contribution in [-0.2, 0) is 0 Å². The summed E-state index contributed by atoms with van der Waals surface area (Å²) in [5.74, 6) is 1.66. The van der Waals surface area contributed by atoms with Gasteiger partial charge in [-0.25, -0.2) is 4.79 Å². The second kappa shape index (κ2) is 5.95. The van der Waals surface area contributed by atoms with Crippen LogP contribution in [0.4, 0.5) is 5.69 Å². The molecule has 0 bridgehead atoms. The summed E-state index contributed by atoms with van der Waals surface area (Å²) in [6.07, 6.45) is 6.72. The van der Waals surface area contributed by atoms with Crippen LogP contribution in [0.5, 0.6) is 0 Å². The van der Waals surface area contributed by atoms with E-state index in [2.05, 4.69) is 11.2 Å². The molecule has 0 aliphatic carbocycles. The topological polar surface area (TPSA) is 49.3 Å². The first kappa shape index (κ1) is 13.1. The molecule has 1 aromatic carbocycles. The predicted octanol–water partition coefficient (Wildman–Crippen LogP) is 2.91. The average molecular weight is 231 g/mol. The van der Waals surface area contributed by atoms with Crippen LogP contribution in [0.1, 0.15) is 35.7 Å². The van der Waals surface area contributed by atoms with Gasteiger partial charge in [-0.3, -0.25) is 0 Å². The molecule has 17 heavy (non-hydrogen) atoms. The lowest BCUT2D eigenvalue weighted by Crippen LogP contribution is -2.19. The smallest absolute Gasteiger partial charge is 0.337 e. The molecule has 0 saturated carbocycles. The first-order chi connectivity index (χ1) is 8.08. The molecule has 1 unspecified atom stereocenters. The minimum atomic E-state index is -0.924. The molecule has 1 aromatic rings. The number of nitrogens with one attached hydrogen (secondary N) is 1. The van der Waals surface area contributed by atoms with Crippen molar-refractivity contribution in [1.29, 1.82) is 0 Å². The number of aryl methyl sites for hydroxylation is 1. The number of carboxylic acids is 1. The summed E-state index contributed by atoms with van der Waals surface area (Å²) >= 11 is 0. The summed E-state index contributed by atoms with van der Waals surface area (Å²) in [6, 6.07) is 5.45. The number of rotatable bonds is 5. The molecule has 0 saturated heterocycles. The van der Waals surface area contributed by atoms with Crippen molar-refractivity contribution < 1.29 is 9.90 Å². The van der Waals surface area contributed by atoms with E-state index in [4.69, 9.17) is 11.5 Å². The molecule has 3 nitrogen and oxygen atoms in total. The summed E-state index contributed by atoms with van der Waals surface area (Å²) in [6.45, 7) is 3.89. The maximum Gasteiger partial charge on any atom is 0.337 e. The van der Waals surface area contributed by atoms with Crippen molar-refractivity contribution in [3.63, 3.8) is 0 Å². The van der Waals surface area contributed by atoms with Crippen LogP contribution in [0.2, 0.25) is 0 Å². The Hall–Kier alpha value is -1.95. The zero-order valence-electron chi connectivity index (χ0n) is 10.2. The minimum absolute atomic E-state index is 0.112. The summed E-state index contributed by atoms with van der Waals surface area (Å²) in [5, 5.41) is 12.3. The molecule has 0 aliphatic heterocycles. The standard InChI is InChI=1S/C14H17NO2/c1-4-6-11(5-2)15-13-8-7-10(3)9-12(13)14(16)17/h1,7-9,11,15H,5-6H2,2-3H3,(H,16,17). The molecule has 0 aliphatic rings. The summed E-state index contributed by atoms with van der Waals surface area (Å²) in [4.78, 5) is 11.1. The van der Waals surface area contributed by atoms with E-state index in [1.165, 1.54) is 0 Å². The number of anilines is 1. The SMILES string of the molecule is C#CCC(CC)Nc1ccc(C)cc1C(=O)O. The van der Waals surface area contributed by atoms with Gasteiger partial charge in [-0.2, -0.15) is 0 Å². The third kappa shape index (κ3) is 3.53. The highest BCUT2D eigenvalue weighted by Gasteiger charge is 2.12. The van der Waals surface area contributed by atoms with E-state index in [-0.39, 0.29) is 6.04 Å². The number of terminal acetylenes is 1. The minimum Gasteiger partial charge on any atom is -0.478 e. The van der Waals surface area contributed by atoms with Crippen LogP contribution in [0.25, 0.3) is 0 Å². The van der Waals surface area contributed by atoms with Crippen molar-refractivity contribution >= 4 is 11.7 Å². The summed E-state index contributed by atoms with van der Waals surface area (Å²) < 4.78 is 0. The van der Waals surface area contributed by atoms with Gasteiger partial charge in [0.25, 0.3) is 0 Å². The molecule has 90 valence electrons. The Labute approximate surface area is 102 Å². The number of aromatic carboxylic acids is 1. The number of carbonyl (C=O) groups is 1. The van der Waals surface area contributed by atoms with Gasteiger partial charge in [-0.15, -0.1) is 12.3 Å². The highest BCUT2D eigenvalue weighted by Crippen LogP contribution is 2.19. The van der Waals surface area contributed by atoms with E-state index >= 15 is 0 Å². The number of carboxylic acid groups (broad SMARTS) is 1.